The molecular weight excluding hydrogens is 314 g/mol. The molecule has 0 saturated carbocycles. The molecule has 5 heteroatoms. The van der Waals surface area contributed by atoms with E-state index in [9.17, 15) is 4.79 Å². The van der Waals surface area contributed by atoms with Gasteiger partial charge in [0.05, 0.1) is 6.61 Å². The number of ether oxygens (including phenoxy) is 1. The number of amides is 1. The van der Waals surface area contributed by atoms with Gasteiger partial charge >= 0.3 is 0 Å². The van der Waals surface area contributed by atoms with Crippen LogP contribution in [0.1, 0.15) is 43.0 Å². The van der Waals surface area contributed by atoms with E-state index in [4.69, 9.17) is 4.74 Å². The normalized spacial score (nSPS) is 14.2. The standard InChI is InChI=1S/C20H25N3O2/c1-2-15-25-17-11-9-16(10-12-17)20(24)22-18-7-6-8-19(21-18)23-13-4-3-5-14-23/h6-12H,2-5,13-15H2,1H3,(H,21,22,24). The Morgan fingerprint density at radius 3 is 2.60 bits per heavy atom. The number of nitrogens with one attached hydrogen (secondary N) is 1. The quantitative estimate of drug-likeness (QED) is 0.860. The van der Waals surface area contributed by atoms with E-state index in [-0.39, 0.29) is 5.91 Å². The van der Waals surface area contributed by atoms with Gasteiger partial charge in [0.2, 0.25) is 0 Å². The van der Waals surface area contributed by atoms with E-state index in [1.807, 2.05) is 30.3 Å². The van der Waals surface area contributed by atoms with Crippen LogP contribution in [0, 0.1) is 0 Å². The van der Waals surface area contributed by atoms with E-state index in [2.05, 4.69) is 22.1 Å². The minimum atomic E-state index is -0.162. The first-order valence-corrected chi connectivity index (χ1v) is 9.02. The molecule has 5 nitrogen and oxygen atoms in total. The van der Waals surface area contributed by atoms with Crippen LogP contribution in [0.3, 0.4) is 0 Å². The third kappa shape index (κ3) is 4.72. The smallest absolute Gasteiger partial charge is 0.256 e. The molecule has 0 radical (unpaired) electrons. The molecule has 1 amide bonds. The van der Waals surface area contributed by atoms with E-state index >= 15 is 0 Å². The molecule has 1 aromatic carbocycles. The van der Waals surface area contributed by atoms with Crippen LogP contribution in [0.15, 0.2) is 42.5 Å². The molecule has 1 aliphatic heterocycles. The van der Waals surface area contributed by atoms with Crippen molar-refractivity contribution < 1.29 is 9.53 Å². The molecule has 0 aliphatic carbocycles. The van der Waals surface area contributed by atoms with Crippen LogP contribution in [0.2, 0.25) is 0 Å². The summed E-state index contributed by atoms with van der Waals surface area (Å²) in [5, 5.41) is 2.88. The van der Waals surface area contributed by atoms with Gasteiger partial charge < -0.3 is 15.0 Å². The molecule has 2 aromatic rings. The number of nitrogens with zero attached hydrogens (tertiary/aromatic N) is 2. The Kier molecular flexibility index (Phi) is 5.88. The van der Waals surface area contributed by atoms with Crippen LogP contribution < -0.4 is 15.0 Å². The summed E-state index contributed by atoms with van der Waals surface area (Å²) in [6.07, 6.45) is 4.64. The first-order chi connectivity index (χ1) is 12.3. The second kappa shape index (κ2) is 8.51. The van der Waals surface area contributed by atoms with Crippen molar-refractivity contribution in [1.29, 1.82) is 0 Å². The summed E-state index contributed by atoms with van der Waals surface area (Å²) < 4.78 is 5.54. The van der Waals surface area contributed by atoms with Gasteiger partial charge in [-0.25, -0.2) is 4.98 Å². The fraction of sp³-hybridized carbons (Fsp3) is 0.400. The topological polar surface area (TPSA) is 54.5 Å². The number of hydrogen-bond acceptors (Lipinski definition) is 4. The summed E-state index contributed by atoms with van der Waals surface area (Å²) in [6, 6.07) is 13.0. The third-order valence-corrected chi connectivity index (χ3v) is 4.25. The van der Waals surface area contributed by atoms with Gasteiger partial charge in [0.15, 0.2) is 0 Å². The summed E-state index contributed by atoms with van der Waals surface area (Å²) >= 11 is 0. The number of piperidine rings is 1. The van der Waals surface area contributed by atoms with E-state index in [1.54, 1.807) is 12.1 Å². The van der Waals surface area contributed by atoms with Gasteiger partial charge in [0, 0.05) is 18.7 Å². The van der Waals surface area contributed by atoms with Crippen molar-refractivity contribution in [2.75, 3.05) is 29.9 Å². The SMILES string of the molecule is CCCOc1ccc(C(=O)Nc2cccc(N3CCCCC3)n2)cc1. The number of carbonyl (C=O) groups is 1. The summed E-state index contributed by atoms with van der Waals surface area (Å²) in [4.78, 5) is 19.3. The lowest BCUT2D eigenvalue weighted by atomic mass is 10.1. The molecule has 0 bridgehead atoms. The maximum Gasteiger partial charge on any atom is 0.256 e. The number of anilines is 2. The van der Waals surface area contributed by atoms with Crippen molar-refractivity contribution in [3.63, 3.8) is 0 Å². The molecule has 25 heavy (non-hydrogen) atoms. The Morgan fingerprint density at radius 2 is 1.88 bits per heavy atom. The highest BCUT2D eigenvalue weighted by atomic mass is 16.5. The second-order valence-corrected chi connectivity index (χ2v) is 6.26. The number of benzene rings is 1. The van der Waals surface area contributed by atoms with E-state index in [1.165, 1.54) is 19.3 Å². The summed E-state index contributed by atoms with van der Waals surface area (Å²) in [6.45, 7) is 4.80. The molecule has 2 heterocycles. The van der Waals surface area contributed by atoms with Crippen molar-refractivity contribution in [1.82, 2.24) is 4.98 Å². The van der Waals surface area contributed by atoms with Crippen molar-refractivity contribution in [2.45, 2.75) is 32.6 Å². The maximum absolute atomic E-state index is 12.4. The second-order valence-electron chi connectivity index (χ2n) is 6.26. The molecule has 1 fully saturated rings. The third-order valence-electron chi connectivity index (χ3n) is 4.25. The molecule has 0 spiro atoms. The largest absolute Gasteiger partial charge is 0.494 e. The summed E-state index contributed by atoms with van der Waals surface area (Å²) in [5.74, 6) is 2.13. The lowest BCUT2D eigenvalue weighted by Gasteiger charge is -2.27. The highest BCUT2D eigenvalue weighted by Gasteiger charge is 2.13. The van der Waals surface area contributed by atoms with Crippen molar-refractivity contribution in [3.8, 4) is 5.75 Å². The number of carbonyl (C=O) groups excluding carboxylic acids is 1. The lowest BCUT2D eigenvalue weighted by molar-refractivity contribution is 0.102. The van der Waals surface area contributed by atoms with Crippen LogP contribution in [-0.2, 0) is 0 Å². The van der Waals surface area contributed by atoms with Gasteiger partial charge in [-0.3, -0.25) is 4.79 Å². The monoisotopic (exact) mass is 339 g/mol. The molecule has 1 N–H and O–H groups in total. The minimum absolute atomic E-state index is 0.162. The zero-order valence-electron chi connectivity index (χ0n) is 14.7. The van der Waals surface area contributed by atoms with Crippen molar-refractivity contribution in [3.05, 3.63) is 48.0 Å². The average Bonchev–Trinajstić information content (AvgIpc) is 2.67. The molecule has 1 aromatic heterocycles. The van der Waals surface area contributed by atoms with Gasteiger partial charge in [0.25, 0.3) is 5.91 Å². The van der Waals surface area contributed by atoms with Gasteiger partial charge in [-0.05, 0) is 62.1 Å². The molecule has 1 aliphatic rings. The number of hydrogen-bond donors (Lipinski definition) is 1. The molecular formula is C20H25N3O2. The molecule has 0 unspecified atom stereocenters. The van der Waals surface area contributed by atoms with Gasteiger partial charge in [0.1, 0.15) is 17.4 Å². The fourth-order valence-corrected chi connectivity index (χ4v) is 2.90. The lowest BCUT2D eigenvalue weighted by Crippen LogP contribution is -2.30. The van der Waals surface area contributed by atoms with Crippen LogP contribution in [-0.4, -0.2) is 30.6 Å². The highest BCUT2D eigenvalue weighted by Crippen LogP contribution is 2.20. The number of rotatable bonds is 6. The number of pyridine rings is 1. The van der Waals surface area contributed by atoms with E-state index < -0.39 is 0 Å². The highest BCUT2D eigenvalue weighted by molar-refractivity contribution is 6.03. The Labute approximate surface area is 149 Å². The van der Waals surface area contributed by atoms with Crippen LogP contribution in [0.25, 0.3) is 0 Å². The molecule has 1 saturated heterocycles. The first kappa shape index (κ1) is 17.3. The Bertz CT molecular complexity index is 694. The van der Waals surface area contributed by atoms with E-state index in [0.29, 0.717) is 18.0 Å². The Hall–Kier alpha value is -2.56. The average molecular weight is 339 g/mol. The van der Waals surface area contributed by atoms with Crippen LogP contribution >= 0.6 is 0 Å². The molecule has 0 atom stereocenters. The maximum atomic E-state index is 12.4. The Morgan fingerprint density at radius 1 is 1.12 bits per heavy atom. The fourth-order valence-electron chi connectivity index (χ4n) is 2.90. The van der Waals surface area contributed by atoms with Crippen LogP contribution in [0.4, 0.5) is 11.6 Å². The van der Waals surface area contributed by atoms with Gasteiger partial charge in [-0.2, -0.15) is 0 Å². The molecule has 3 rings (SSSR count). The van der Waals surface area contributed by atoms with Gasteiger partial charge in [-0.1, -0.05) is 13.0 Å². The number of aromatic nitrogens is 1. The summed E-state index contributed by atoms with van der Waals surface area (Å²) in [7, 11) is 0. The summed E-state index contributed by atoms with van der Waals surface area (Å²) in [5.41, 5.74) is 0.592. The predicted octanol–water partition coefficient (Wildman–Crippen LogP) is 4.11. The zero-order chi connectivity index (χ0) is 17.5. The predicted molar refractivity (Wildman–Crippen MR) is 100 cm³/mol. The zero-order valence-corrected chi connectivity index (χ0v) is 14.7. The first-order valence-electron chi connectivity index (χ1n) is 9.02. The van der Waals surface area contributed by atoms with Crippen molar-refractivity contribution in [2.24, 2.45) is 0 Å². The van der Waals surface area contributed by atoms with Crippen LogP contribution in [0.5, 0.6) is 5.75 Å². The van der Waals surface area contributed by atoms with Crippen molar-refractivity contribution >= 4 is 17.5 Å². The Balaban J connectivity index is 1.64. The van der Waals surface area contributed by atoms with E-state index in [0.717, 1.165) is 31.1 Å². The van der Waals surface area contributed by atoms with Gasteiger partial charge in [-0.15, -0.1) is 0 Å². The molecule has 132 valence electrons. The minimum Gasteiger partial charge on any atom is -0.494 e.